The van der Waals surface area contributed by atoms with Gasteiger partial charge in [0.25, 0.3) is 5.91 Å². The minimum Gasteiger partial charge on any atom is -0.496 e. The van der Waals surface area contributed by atoms with E-state index in [0.717, 1.165) is 5.56 Å². The summed E-state index contributed by atoms with van der Waals surface area (Å²) in [5.74, 6) is 2.00. The molecule has 8 heteroatoms. The number of amides is 2. The monoisotopic (exact) mass is 442 g/mol. The van der Waals surface area contributed by atoms with Crippen molar-refractivity contribution in [1.82, 2.24) is 10.2 Å². The first-order chi connectivity index (χ1) is 15.5. The van der Waals surface area contributed by atoms with Gasteiger partial charge < -0.3 is 29.2 Å². The van der Waals surface area contributed by atoms with Crippen LogP contribution in [0.15, 0.2) is 36.4 Å². The molecule has 0 radical (unpaired) electrons. The van der Waals surface area contributed by atoms with Gasteiger partial charge in [0, 0.05) is 19.1 Å². The largest absolute Gasteiger partial charge is 0.496 e. The Morgan fingerprint density at radius 3 is 2.03 bits per heavy atom. The minimum absolute atomic E-state index is 0.0197. The summed E-state index contributed by atoms with van der Waals surface area (Å²) in [5.41, 5.74) is 1.27. The number of benzene rings is 2. The summed E-state index contributed by atoms with van der Waals surface area (Å²) in [6.07, 6.45) is 1.61. The van der Waals surface area contributed by atoms with E-state index in [1.165, 1.54) is 14.2 Å². The van der Waals surface area contributed by atoms with E-state index in [1.807, 2.05) is 6.07 Å². The van der Waals surface area contributed by atoms with Gasteiger partial charge in [0.15, 0.2) is 11.5 Å². The third kappa shape index (κ3) is 5.25. The van der Waals surface area contributed by atoms with Crippen molar-refractivity contribution in [3.63, 3.8) is 0 Å². The van der Waals surface area contributed by atoms with Crippen LogP contribution in [-0.4, -0.2) is 64.3 Å². The molecule has 0 aromatic heterocycles. The molecule has 2 aromatic rings. The Balaban J connectivity index is 1.56. The van der Waals surface area contributed by atoms with Crippen LogP contribution < -0.4 is 24.3 Å². The van der Waals surface area contributed by atoms with Crippen molar-refractivity contribution < 1.29 is 28.5 Å². The average Bonchev–Trinajstić information content (AvgIpc) is 2.83. The van der Waals surface area contributed by atoms with Crippen molar-refractivity contribution in [2.45, 2.75) is 25.3 Å². The van der Waals surface area contributed by atoms with Gasteiger partial charge in [-0.2, -0.15) is 0 Å². The molecule has 0 saturated carbocycles. The number of carbonyl (C=O) groups is 2. The molecule has 8 nitrogen and oxygen atoms in total. The summed E-state index contributed by atoms with van der Waals surface area (Å²) in [6.45, 7) is 1.09. The summed E-state index contributed by atoms with van der Waals surface area (Å²) in [7, 11) is 6.21. The van der Waals surface area contributed by atoms with Crippen molar-refractivity contribution >= 4 is 11.8 Å². The second kappa shape index (κ2) is 10.7. The second-order valence-corrected chi connectivity index (χ2v) is 7.54. The fraction of sp³-hybridized carbons (Fsp3) is 0.417. The fourth-order valence-corrected chi connectivity index (χ4v) is 3.90. The van der Waals surface area contributed by atoms with Gasteiger partial charge in [0.1, 0.15) is 17.1 Å². The number of methoxy groups -OCH3 is 4. The molecule has 1 fully saturated rings. The molecular weight excluding hydrogens is 412 g/mol. The van der Waals surface area contributed by atoms with Gasteiger partial charge in [-0.05, 0) is 42.7 Å². The predicted molar refractivity (Wildman–Crippen MR) is 120 cm³/mol. The molecule has 0 aliphatic carbocycles. The number of hydrogen-bond donors (Lipinski definition) is 1. The molecule has 1 heterocycles. The normalized spacial score (nSPS) is 13.9. The van der Waals surface area contributed by atoms with Crippen molar-refractivity contribution in [2.75, 3.05) is 41.5 Å². The Morgan fingerprint density at radius 1 is 0.875 bits per heavy atom. The van der Waals surface area contributed by atoms with Crippen LogP contribution in [0.4, 0.5) is 0 Å². The minimum atomic E-state index is -0.130. The lowest BCUT2D eigenvalue weighted by Gasteiger charge is -2.33. The molecule has 0 bridgehead atoms. The smallest absolute Gasteiger partial charge is 0.261 e. The van der Waals surface area contributed by atoms with E-state index in [0.29, 0.717) is 54.5 Å². The number of nitrogens with one attached hydrogen (secondary N) is 1. The van der Waals surface area contributed by atoms with Crippen LogP contribution in [0.3, 0.4) is 0 Å². The highest BCUT2D eigenvalue weighted by molar-refractivity contribution is 5.99. The highest BCUT2D eigenvalue weighted by Gasteiger charge is 2.28. The summed E-state index contributed by atoms with van der Waals surface area (Å²) in [6, 6.07) is 10.7. The van der Waals surface area contributed by atoms with Gasteiger partial charge in [-0.25, -0.2) is 0 Å². The predicted octanol–water partition coefficient (Wildman–Crippen LogP) is 2.68. The molecule has 1 aliphatic rings. The third-order valence-electron chi connectivity index (χ3n) is 5.60. The van der Waals surface area contributed by atoms with Crippen LogP contribution in [-0.2, 0) is 11.2 Å². The van der Waals surface area contributed by atoms with Crippen LogP contribution in [0.5, 0.6) is 23.0 Å². The summed E-state index contributed by atoms with van der Waals surface area (Å²) >= 11 is 0. The number of likely N-dealkylation sites (tertiary alicyclic amines) is 1. The number of ether oxygens (including phenoxy) is 4. The Bertz CT molecular complexity index is 931. The zero-order chi connectivity index (χ0) is 23.1. The molecule has 1 aliphatic heterocycles. The molecule has 0 spiro atoms. The van der Waals surface area contributed by atoms with E-state index < -0.39 is 0 Å². The molecule has 32 heavy (non-hydrogen) atoms. The van der Waals surface area contributed by atoms with Crippen LogP contribution in [0.25, 0.3) is 0 Å². The lowest BCUT2D eigenvalue weighted by Crippen LogP contribution is -2.47. The topological polar surface area (TPSA) is 86.3 Å². The molecule has 0 atom stereocenters. The summed E-state index contributed by atoms with van der Waals surface area (Å²) in [4.78, 5) is 27.4. The number of rotatable bonds is 8. The molecule has 0 unspecified atom stereocenters. The van der Waals surface area contributed by atoms with Gasteiger partial charge in [0.05, 0.1) is 34.9 Å². The number of hydrogen-bond acceptors (Lipinski definition) is 6. The van der Waals surface area contributed by atoms with E-state index in [2.05, 4.69) is 5.32 Å². The zero-order valence-corrected chi connectivity index (χ0v) is 19.0. The lowest BCUT2D eigenvalue weighted by molar-refractivity contribution is -0.121. The Labute approximate surface area is 188 Å². The van der Waals surface area contributed by atoms with Crippen LogP contribution >= 0.6 is 0 Å². The number of piperidine rings is 1. The molecule has 172 valence electrons. The van der Waals surface area contributed by atoms with E-state index in [-0.39, 0.29) is 24.3 Å². The van der Waals surface area contributed by atoms with Crippen LogP contribution in [0.1, 0.15) is 28.8 Å². The Morgan fingerprint density at radius 2 is 1.47 bits per heavy atom. The van der Waals surface area contributed by atoms with E-state index >= 15 is 0 Å². The highest BCUT2D eigenvalue weighted by atomic mass is 16.5. The second-order valence-electron chi connectivity index (χ2n) is 7.54. The average molecular weight is 443 g/mol. The van der Waals surface area contributed by atoms with Crippen molar-refractivity contribution in [3.8, 4) is 23.0 Å². The van der Waals surface area contributed by atoms with Crippen LogP contribution in [0.2, 0.25) is 0 Å². The quantitative estimate of drug-likeness (QED) is 0.677. The SMILES string of the molecule is COc1ccc(CC(=O)NC2CCN(C(=O)c3c(OC)cccc3OC)CC2)cc1OC. The molecule has 1 saturated heterocycles. The van der Waals surface area contributed by atoms with Gasteiger partial charge in [-0.3, -0.25) is 9.59 Å². The molecule has 1 N–H and O–H groups in total. The Hall–Kier alpha value is -3.42. The molecule has 2 aromatic carbocycles. The fourth-order valence-electron chi connectivity index (χ4n) is 3.90. The van der Waals surface area contributed by atoms with Crippen LogP contribution in [0, 0.1) is 0 Å². The maximum absolute atomic E-state index is 13.1. The maximum Gasteiger partial charge on any atom is 0.261 e. The van der Waals surface area contributed by atoms with Gasteiger partial charge in [-0.1, -0.05) is 12.1 Å². The summed E-state index contributed by atoms with van der Waals surface area (Å²) < 4.78 is 21.3. The third-order valence-corrected chi connectivity index (χ3v) is 5.60. The van der Waals surface area contributed by atoms with E-state index in [1.54, 1.807) is 49.5 Å². The molecule has 2 amide bonds. The molecule has 3 rings (SSSR count). The van der Waals surface area contributed by atoms with Crippen molar-refractivity contribution in [3.05, 3.63) is 47.5 Å². The highest BCUT2D eigenvalue weighted by Crippen LogP contribution is 2.31. The molecular formula is C24H30N2O6. The van der Waals surface area contributed by atoms with E-state index in [4.69, 9.17) is 18.9 Å². The standard InChI is InChI=1S/C24H30N2O6/c1-29-18-9-8-16(14-21(18)32-4)15-22(27)25-17-10-12-26(13-11-17)24(28)23-19(30-2)6-5-7-20(23)31-3/h5-9,14,17H,10-13,15H2,1-4H3,(H,25,27). The van der Waals surface area contributed by atoms with Crippen molar-refractivity contribution in [2.24, 2.45) is 0 Å². The Kier molecular flexibility index (Phi) is 7.81. The first-order valence-corrected chi connectivity index (χ1v) is 10.5. The van der Waals surface area contributed by atoms with E-state index in [9.17, 15) is 9.59 Å². The lowest BCUT2D eigenvalue weighted by atomic mass is 10.0. The van der Waals surface area contributed by atoms with Gasteiger partial charge >= 0.3 is 0 Å². The maximum atomic E-state index is 13.1. The first kappa shape index (κ1) is 23.2. The van der Waals surface area contributed by atoms with Gasteiger partial charge in [-0.15, -0.1) is 0 Å². The van der Waals surface area contributed by atoms with Gasteiger partial charge in [0.2, 0.25) is 5.91 Å². The number of carbonyl (C=O) groups excluding carboxylic acids is 2. The number of nitrogens with zero attached hydrogens (tertiary/aromatic N) is 1. The first-order valence-electron chi connectivity index (χ1n) is 10.5. The summed E-state index contributed by atoms with van der Waals surface area (Å²) in [5, 5.41) is 3.08. The van der Waals surface area contributed by atoms with Crippen molar-refractivity contribution in [1.29, 1.82) is 0 Å². The zero-order valence-electron chi connectivity index (χ0n) is 19.0.